The van der Waals surface area contributed by atoms with Gasteiger partial charge in [-0.25, -0.2) is 0 Å². The number of rotatable bonds is 0. The average molecular weight is 167 g/mol. The van der Waals surface area contributed by atoms with Gasteiger partial charge in [-0.05, 0) is 12.8 Å². The van der Waals surface area contributed by atoms with Crippen LogP contribution in [0.1, 0.15) is 12.8 Å². The van der Waals surface area contributed by atoms with Crippen LogP contribution in [0.5, 0.6) is 0 Å². The van der Waals surface area contributed by atoms with Crippen molar-refractivity contribution in [2.75, 3.05) is 0 Å². The van der Waals surface area contributed by atoms with E-state index in [2.05, 4.69) is 5.32 Å². The first-order valence-corrected chi connectivity index (χ1v) is 4.27. The number of carbonyl (C=O) groups excluding carboxylic acids is 2. The molecule has 4 atom stereocenters. The van der Waals surface area contributed by atoms with Crippen LogP contribution < -0.4 is 5.32 Å². The van der Waals surface area contributed by atoms with E-state index in [1.807, 2.05) is 0 Å². The van der Waals surface area contributed by atoms with Crippen molar-refractivity contribution in [2.24, 2.45) is 11.8 Å². The number of fused-ring (bicyclic) bond motifs is 5. The summed E-state index contributed by atoms with van der Waals surface area (Å²) >= 11 is 0. The van der Waals surface area contributed by atoms with Crippen molar-refractivity contribution in [3.05, 3.63) is 0 Å². The molecule has 0 radical (unpaired) electrons. The maximum Gasteiger partial charge on any atom is 0.233 e. The Balaban J connectivity index is 2.03. The van der Waals surface area contributed by atoms with Gasteiger partial charge in [-0.3, -0.25) is 14.9 Å². The first kappa shape index (κ1) is 6.60. The quantitative estimate of drug-likeness (QED) is 0.492. The van der Waals surface area contributed by atoms with E-state index < -0.39 is 0 Å². The predicted octanol–water partition coefficient (Wildman–Crippen LogP) is -0.564. The highest BCUT2D eigenvalue weighted by Crippen LogP contribution is 2.45. The van der Waals surface area contributed by atoms with Gasteiger partial charge in [0, 0.05) is 0 Å². The van der Waals surface area contributed by atoms with Crippen molar-refractivity contribution in [3.63, 3.8) is 0 Å². The van der Waals surface area contributed by atoms with Crippen molar-refractivity contribution in [3.8, 4) is 0 Å². The van der Waals surface area contributed by atoms with Crippen LogP contribution in [0.3, 0.4) is 0 Å². The number of carbonyl (C=O) groups is 2. The summed E-state index contributed by atoms with van der Waals surface area (Å²) in [4.78, 5) is 22.5. The van der Waals surface area contributed by atoms with Crippen molar-refractivity contribution >= 4 is 11.8 Å². The van der Waals surface area contributed by atoms with Crippen LogP contribution in [0.25, 0.3) is 0 Å². The molecule has 1 N–H and O–H groups in total. The Kier molecular flexibility index (Phi) is 1.03. The number of imide groups is 1. The van der Waals surface area contributed by atoms with Gasteiger partial charge in [-0.15, -0.1) is 0 Å². The fraction of sp³-hybridized carbons (Fsp3) is 0.750. The van der Waals surface area contributed by atoms with Gasteiger partial charge >= 0.3 is 0 Å². The van der Waals surface area contributed by atoms with Crippen LogP contribution in [-0.4, -0.2) is 24.0 Å². The lowest BCUT2D eigenvalue weighted by atomic mass is 9.81. The molecule has 0 aromatic rings. The first-order valence-electron chi connectivity index (χ1n) is 4.27. The van der Waals surface area contributed by atoms with E-state index >= 15 is 0 Å². The molecule has 64 valence electrons. The standard InChI is InChI=1S/C8H9NO3/c10-7-5-3-1-2-4(12-3)6(5)8(11)9-7/h3-6H,1-2H2,(H,9,10,11)/t3-,4+,5?,6?. The van der Waals surface area contributed by atoms with Gasteiger partial charge in [0.2, 0.25) is 11.8 Å². The monoisotopic (exact) mass is 167 g/mol. The summed E-state index contributed by atoms with van der Waals surface area (Å²) in [6.45, 7) is 0. The fourth-order valence-electron chi connectivity index (χ4n) is 2.63. The van der Waals surface area contributed by atoms with Gasteiger partial charge in [0.05, 0.1) is 24.0 Å². The Morgan fingerprint density at radius 3 is 2.08 bits per heavy atom. The molecule has 2 unspecified atom stereocenters. The molecule has 0 aromatic carbocycles. The summed E-state index contributed by atoms with van der Waals surface area (Å²) in [5.41, 5.74) is 0. The lowest BCUT2D eigenvalue weighted by Gasteiger charge is -2.15. The lowest BCUT2D eigenvalue weighted by Crippen LogP contribution is -2.29. The van der Waals surface area contributed by atoms with Gasteiger partial charge in [0.1, 0.15) is 0 Å². The molecule has 3 saturated heterocycles. The minimum atomic E-state index is -0.170. The van der Waals surface area contributed by atoms with E-state index in [1.165, 1.54) is 0 Å². The Labute approximate surface area is 69.3 Å². The SMILES string of the molecule is O=C1NC(=O)C2C1[C@@H]1CC[C@H]2O1. The summed E-state index contributed by atoms with van der Waals surface area (Å²) in [6.07, 6.45) is 1.91. The summed E-state index contributed by atoms with van der Waals surface area (Å²) < 4.78 is 5.50. The average Bonchev–Trinajstić information content (AvgIpc) is 2.64. The van der Waals surface area contributed by atoms with Gasteiger partial charge in [-0.1, -0.05) is 0 Å². The van der Waals surface area contributed by atoms with Crippen molar-refractivity contribution < 1.29 is 14.3 Å². The van der Waals surface area contributed by atoms with Crippen molar-refractivity contribution in [1.82, 2.24) is 5.32 Å². The Bertz CT molecular complexity index is 249. The van der Waals surface area contributed by atoms with Crippen LogP contribution in [0, 0.1) is 11.8 Å². The zero-order valence-electron chi connectivity index (χ0n) is 6.45. The molecule has 2 amide bonds. The van der Waals surface area contributed by atoms with E-state index in [4.69, 9.17) is 4.74 Å². The molecule has 0 aliphatic carbocycles. The van der Waals surface area contributed by atoms with E-state index in [-0.39, 0.29) is 35.9 Å². The maximum atomic E-state index is 11.2. The second-order valence-electron chi connectivity index (χ2n) is 3.70. The molecule has 3 fully saturated rings. The molecule has 0 spiro atoms. The number of hydrogen-bond donors (Lipinski definition) is 1. The second kappa shape index (κ2) is 1.88. The topological polar surface area (TPSA) is 55.4 Å². The lowest BCUT2D eigenvalue weighted by molar-refractivity contribution is -0.128. The Hall–Kier alpha value is -0.900. The number of amides is 2. The van der Waals surface area contributed by atoms with Gasteiger partial charge in [-0.2, -0.15) is 0 Å². The first-order chi connectivity index (χ1) is 5.77. The highest BCUT2D eigenvalue weighted by atomic mass is 16.5. The molecule has 3 aliphatic heterocycles. The third kappa shape index (κ3) is 0.579. The predicted molar refractivity (Wildman–Crippen MR) is 38.0 cm³/mol. The van der Waals surface area contributed by atoms with Gasteiger partial charge in [0.25, 0.3) is 0 Å². The molecular formula is C8H9NO3. The molecule has 4 nitrogen and oxygen atoms in total. The number of nitrogens with one attached hydrogen (secondary N) is 1. The largest absolute Gasteiger partial charge is 0.373 e. The zero-order chi connectivity index (χ0) is 8.29. The van der Waals surface area contributed by atoms with Crippen LogP contribution in [-0.2, 0) is 14.3 Å². The second-order valence-corrected chi connectivity index (χ2v) is 3.70. The normalized spacial score (nSPS) is 49.7. The summed E-state index contributed by atoms with van der Waals surface area (Å²) in [5, 5.41) is 2.36. The van der Waals surface area contributed by atoms with E-state index in [0.717, 1.165) is 12.8 Å². The van der Waals surface area contributed by atoms with Crippen LogP contribution in [0.15, 0.2) is 0 Å². The van der Waals surface area contributed by atoms with Crippen molar-refractivity contribution in [2.45, 2.75) is 25.0 Å². The molecule has 3 rings (SSSR count). The fourth-order valence-corrected chi connectivity index (χ4v) is 2.63. The minimum absolute atomic E-state index is 0.0199. The van der Waals surface area contributed by atoms with Crippen LogP contribution >= 0.6 is 0 Å². The third-order valence-electron chi connectivity index (χ3n) is 3.13. The molecule has 4 heteroatoms. The van der Waals surface area contributed by atoms with Gasteiger partial charge < -0.3 is 4.74 Å². The van der Waals surface area contributed by atoms with Crippen molar-refractivity contribution in [1.29, 1.82) is 0 Å². The molecular weight excluding hydrogens is 158 g/mol. The highest BCUT2D eigenvalue weighted by molar-refractivity contribution is 6.06. The van der Waals surface area contributed by atoms with Crippen LogP contribution in [0.2, 0.25) is 0 Å². The highest BCUT2D eigenvalue weighted by Gasteiger charge is 2.59. The number of hydrogen-bond acceptors (Lipinski definition) is 3. The maximum absolute atomic E-state index is 11.2. The summed E-state index contributed by atoms with van der Waals surface area (Å²) in [7, 11) is 0. The van der Waals surface area contributed by atoms with E-state index in [9.17, 15) is 9.59 Å². The molecule has 0 saturated carbocycles. The summed E-state index contributed by atoms with van der Waals surface area (Å²) in [5.74, 6) is -0.595. The van der Waals surface area contributed by atoms with Gasteiger partial charge in [0.15, 0.2) is 0 Å². The molecule has 3 heterocycles. The van der Waals surface area contributed by atoms with Crippen LogP contribution in [0.4, 0.5) is 0 Å². The Morgan fingerprint density at radius 1 is 1.08 bits per heavy atom. The molecule has 12 heavy (non-hydrogen) atoms. The Morgan fingerprint density at radius 2 is 1.58 bits per heavy atom. The zero-order valence-corrected chi connectivity index (χ0v) is 6.45. The third-order valence-corrected chi connectivity index (χ3v) is 3.13. The summed E-state index contributed by atoms with van der Waals surface area (Å²) in [6, 6.07) is 0. The van der Waals surface area contributed by atoms with E-state index in [1.54, 1.807) is 0 Å². The molecule has 3 aliphatic rings. The minimum Gasteiger partial charge on any atom is -0.373 e. The molecule has 2 bridgehead atoms. The number of ether oxygens (including phenoxy) is 1. The van der Waals surface area contributed by atoms with E-state index in [0.29, 0.717) is 0 Å². The smallest absolute Gasteiger partial charge is 0.233 e. The molecule has 0 aromatic heterocycles.